The van der Waals surface area contributed by atoms with Gasteiger partial charge in [0.25, 0.3) is 18.8 Å². The Balaban J connectivity index is 0.00000176. The highest BCUT2D eigenvalue weighted by Gasteiger charge is 2.21. The molecule has 1 aliphatic rings. The average molecular weight is 502 g/mol. The summed E-state index contributed by atoms with van der Waals surface area (Å²) in [5, 5.41) is 5.72. The number of imidazole rings is 1. The molecule has 0 spiro atoms. The summed E-state index contributed by atoms with van der Waals surface area (Å²) in [6.07, 6.45) is -2.23. The summed E-state index contributed by atoms with van der Waals surface area (Å²) in [5.41, 5.74) is 1.77. The number of benzene rings is 2. The number of fused-ring (bicyclic) bond motifs is 1. The van der Waals surface area contributed by atoms with E-state index >= 15 is 0 Å². The topological polar surface area (TPSA) is 106 Å². The predicted octanol–water partition coefficient (Wildman–Crippen LogP) is 3.75. The SMILES string of the molecule is CC.O=COCCCn1c(NC(=O)c2cccc(C(F)F)c2)nc2cc(N3CCNCC3=O)ccc21. The lowest BCUT2D eigenvalue weighted by Gasteiger charge is -2.27. The zero-order valence-corrected chi connectivity index (χ0v) is 20.2. The molecule has 1 aromatic heterocycles. The first-order valence-corrected chi connectivity index (χ1v) is 11.7. The third-order valence-corrected chi connectivity index (χ3v) is 5.47. The number of nitrogens with one attached hydrogen (secondary N) is 2. The number of carbonyl (C=O) groups excluding carboxylic acids is 3. The highest BCUT2D eigenvalue weighted by atomic mass is 19.3. The number of ether oxygens (including phenoxy) is 1. The monoisotopic (exact) mass is 501 g/mol. The number of alkyl halides is 2. The van der Waals surface area contributed by atoms with Crippen LogP contribution in [0.25, 0.3) is 11.0 Å². The number of hydrogen-bond acceptors (Lipinski definition) is 6. The lowest BCUT2D eigenvalue weighted by Crippen LogP contribution is -2.48. The van der Waals surface area contributed by atoms with Gasteiger partial charge in [-0.3, -0.25) is 19.7 Å². The van der Waals surface area contributed by atoms with Crippen molar-refractivity contribution in [2.24, 2.45) is 0 Å². The summed E-state index contributed by atoms with van der Waals surface area (Å²) in [6.45, 7) is 6.37. The Labute approximate surface area is 207 Å². The van der Waals surface area contributed by atoms with Gasteiger partial charge in [0.05, 0.1) is 24.2 Å². The molecule has 0 bridgehead atoms. The molecule has 0 atom stereocenters. The van der Waals surface area contributed by atoms with Crippen LogP contribution in [-0.4, -0.2) is 54.1 Å². The molecule has 11 heteroatoms. The summed E-state index contributed by atoms with van der Waals surface area (Å²) in [5.74, 6) is -0.415. The van der Waals surface area contributed by atoms with Crippen LogP contribution < -0.4 is 15.5 Å². The molecule has 3 aromatic rings. The molecule has 2 N–H and O–H groups in total. The maximum absolute atomic E-state index is 13.0. The Hall–Kier alpha value is -3.86. The molecule has 4 rings (SSSR count). The van der Waals surface area contributed by atoms with Crippen molar-refractivity contribution in [2.45, 2.75) is 33.2 Å². The van der Waals surface area contributed by atoms with Crippen LogP contribution >= 0.6 is 0 Å². The zero-order valence-electron chi connectivity index (χ0n) is 20.2. The molecule has 1 saturated heterocycles. The van der Waals surface area contributed by atoms with Crippen LogP contribution in [0, 0.1) is 0 Å². The van der Waals surface area contributed by atoms with E-state index in [-0.39, 0.29) is 36.1 Å². The highest BCUT2D eigenvalue weighted by Crippen LogP contribution is 2.27. The maximum Gasteiger partial charge on any atom is 0.293 e. The third kappa shape index (κ3) is 6.22. The van der Waals surface area contributed by atoms with Gasteiger partial charge in [-0.2, -0.15) is 0 Å². The van der Waals surface area contributed by atoms with Gasteiger partial charge in [0.15, 0.2) is 0 Å². The van der Waals surface area contributed by atoms with Gasteiger partial charge in [0.2, 0.25) is 11.9 Å². The van der Waals surface area contributed by atoms with Crippen molar-refractivity contribution in [3.05, 3.63) is 53.6 Å². The van der Waals surface area contributed by atoms with Gasteiger partial charge < -0.3 is 19.5 Å². The molecule has 0 radical (unpaired) electrons. The number of nitrogens with zero attached hydrogens (tertiary/aromatic N) is 3. The van der Waals surface area contributed by atoms with Gasteiger partial charge in [0, 0.05) is 36.4 Å². The van der Waals surface area contributed by atoms with E-state index < -0.39 is 12.3 Å². The van der Waals surface area contributed by atoms with Crippen LogP contribution in [-0.2, 0) is 20.9 Å². The van der Waals surface area contributed by atoms with Crippen molar-refractivity contribution in [1.82, 2.24) is 14.9 Å². The molecular weight excluding hydrogens is 472 g/mol. The lowest BCUT2D eigenvalue weighted by atomic mass is 10.1. The second kappa shape index (κ2) is 12.7. The van der Waals surface area contributed by atoms with E-state index in [1.54, 1.807) is 21.6 Å². The van der Waals surface area contributed by atoms with E-state index in [1.165, 1.54) is 18.2 Å². The fraction of sp³-hybridized carbons (Fsp3) is 0.360. The fourth-order valence-corrected chi connectivity index (χ4v) is 3.83. The molecule has 0 saturated carbocycles. The number of carbonyl (C=O) groups is 3. The number of halogens is 2. The number of hydrogen-bond donors (Lipinski definition) is 2. The normalized spacial score (nSPS) is 13.4. The fourth-order valence-electron chi connectivity index (χ4n) is 3.83. The van der Waals surface area contributed by atoms with Crippen molar-refractivity contribution < 1.29 is 27.9 Å². The first-order valence-electron chi connectivity index (χ1n) is 11.7. The molecule has 0 aliphatic carbocycles. The van der Waals surface area contributed by atoms with Gasteiger partial charge in [-0.05, 0) is 36.8 Å². The summed E-state index contributed by atoms with van der Waals surface area (Å²) in [4.78, 5) is 41.7. The summed E-state index contributed by atoms with van der Waals surface area (Å²) < 4.78 is 32.6. The van der Waals surface area contributed by atoms with Crippen LogP contribution in [0.15, 0.2) is 42.5 Å². The second-order valence-corrected chi connectivity index (χ2v) is 7.68. The van der Waals surface area contributed by atoms with E-state index in [0.717, 1.165) is 6.07 Å². The van der Waals surface area contributed by atoms with E-state index in [0.29, 0.717) is 49.2 Å². The van der Waals surface area contributed by atoms with Gasteiger partial charge in [-0.1, -0.05) is 26.0 Å². The number of aromatic nitrogens is 2. The van der Waals surface area contributed by atoms with Crippen LogP contribution in [0.4, 0.5) is 20.4 Å². The van der Waals surface area contributed by atoms with Gasteiger partial charge in [0.1, 0.15) is 0 Å². The summed E-state index contributed by atoms with van der Waals surface area (Å²) in [7, 11) is 0. The standard InChI is InChI=1S/C23H23F2N5O4.C2H6/c24-21(25)15-3-1-4-16(11-15)22(33)28-23-27-18-12-17(29-9-7-26-13-20(29)32)5-6-19(18)30(23)8-2-10-34-14-31;1-2/h1,3-6,11-12,14,21,26H,2,7-10,13H2,(H,27,28,33);1-2H3. The van der Waals surface area contributed by atoms with Crippen molar-refractivity contribution in [1.29, 1.82) is 0 Å². The summed E-state index contributed by atoms with van der Waals surface area (Å²) in [6, 6.07) is 10.6. The summed E-state index contributed by atoms with van der Waals surface area (Å²) >= 11 is 0. The molecule has 2 heterocycles. The minimum Gasteiger partial charge on any atom is -0.468 e. The zero-order chi connectivity index (χ0) is 26.1. The van der Waals surface area contributed by atoms with Crippen LogP contribution in [0.1, 0.15) is 42.6 Å². The number of piperazine rings is 1. The van der Waals surface area contributed by atoms with E-state index in [1.807, 2.05) is 19.9 Å². The largest absolute Gasteiger partial charge is 0.468 e. The molecule has 192 valence electrons. The maximum atomic E-state index is 13.0. The molecule has 1 aliphatic heterocycles. The van der Waals surface area contributed by atoms with Crippen molar-refractivity contribution in [3.8, 4) is 0 Å². The van der Waals surface area contributed by atoms with E-state index in [4.69, 9.17) is 4.74 Å². The van der Waals surface area contributed by atoms with Crippen LogP contribution in [0.3, 0.4) is 0 Å². The van der Waals surface area contributed by atoms with Crippen molar-refractivity contribution >= 4 is 41.0 Å². The van der Waals surface area contributed by atoms with E-state index in [9.17, 15) is 23.2 Å². The molecule has 0 unspecified atom stereocenters. The Kier molecular flexibility index (Phi) is 9.46. The molecular formula is C25H29F2N5O4. The smallest absolute Gasteiger partial charge is 0.293 e. The first kappa shape index (κ1) is 26.7. The highest BCUT2D eigenvalue weighted by molar-refractivity contribution is 6.04. The molecule has 36 heavy (non-hydrogen) atoms. The van der Waals surface area contributed by atoms with Crippen molar-refractivity contribution in [2.75, 3.05) is 36.5 Å². The minimum absolute atomic E-state index is 0.0523. The lowest BCUT2D eigenvalue weighted by molar-refractivity contribution is -0.128. The quantitative estimate of drug-likeness (QED) is 0.342. The molecule has 2 amide bonds. The Morgan fingerprint density at radius 1 is 1.25 bits per heavy atom. The first-order chi connectivity index (χ1) is 17.5. The molecule has 1 fully saturated rings. The second-order valence-electron chi connectivity index (χ2n) is 7.68. The number of amides is 2. The van der Waals surface area contributed by atoms with Gasteiger partial charge in [-0.15, -0.1) is 0 Å². The Bertz CT molecular complexity index is 1210. The number of rotatable bonds is 9. The molecule has 2 aromatic carbocycles. The van der Waals surface area contributed by atoms with Gasteiger partial charge in [-0.25, -0.2) is 13.8 Å². The van der Waals surface area contributed by atoms with Crippen LogP contribution in [0.5, 0.6) is 0 Å². The number of aryl methyl sites for hydroxylation is 1. The third-order valence-electron chi connectivity index (χ3n) is 5.47. The van der Waals surface area contributed by atoms with E-state index in [2.05, 4.69) is 15.6 Å². The average Bonchev–Trinajstić information content (AvgIpc) is 3.24. The number of anilines is 2. The minimum atomic E-state index is -2.69. The van der Waals surface area contributed by atoms with Crippen LogP contribution in [0.2, 0.25) is 0 Å². The Morgan fingerprint density at radius 2 is 2.06 bits per heavy atom. The molecule has 9 nitrogen and oxygen atoms in total. The Morgan fingerprint density at radius 3 is 2.78 bits per heavy atom. The van der Waals surface area contributed by atoms with Gasteiger partial charge >= 0.3 is 0 Å². The predicted molar refractivity (Wildman–Crippen MR) is 132 cm³/mol. The van der Waals surface area contributed by atoms with Crippen molar-refractivity contribution in [3.63, 3.8) is 0 Å².